The van der Waals surface area contributed by atoms with E-state index in [4.69, 9.17) is 4.98 Å². The summed E-state index contributed by atoms with van der Waals surface area (Å²) in [5.74, 6) is 0.788. The van der Waals surface area contributed by atoms with Gasteiger partial charge in [-0.1, -0.05) is 57.2 Å². The van der Waals surface area contributed by atoms with Gasteiger partial charge in [-0.15, -0.1) is 0 Å². The Balaban J connectivity index is 1.91. The van der Waals surface area contributed by atoms with Crippen molar-refractivity contribution in [2.75, 3.05) is 11.9 Å². The highest BCUT2D eigenvalue weighted by Crippen LogP contribution is 2.28. The van der Waals surface area contributed by atoms with Crippen molar-refractivity contribution < 1.29 is 4.79 Å². The minimum Gasteiger partial charge on any atom is -0.314 e. The van der Waals surface area contributed by atoms with E-state index in [0.717, 1.165) is 22.5 Å². The number of anilines is 1. The van der Waals surface area contributed by atoms with Gasteiger partial charge in [0.1, 0.15) is 5.82 Å². The maximum Gasteiger partial charge on any atom is 0.322 e. The molecule has 0 bridgehead atoms. The molecular weight excluding hydrogens is 448 g/mol. The van der Waals surface area contributed by atoms with Gasteiger partial charge >= 0.3 is 6.03 Å². The maximum absolute atomic E-state index is 13.9. The number of carbonyl (C=O) groups is 1. The third-order valence-electron chi connectivity index (χ3n) is 6.46. The van der Waals surface area contributed by atoms with Crippen molar-refractivity contribution >= 4 is 22.6 Å². The molecule has 0 radical (unpaired) electrons. The van der Waals surface area contributed by atoms with Crippen LogP contribution in [0.25, 0.3) is 16.6 Å². The van der Waals surface area contributed by atoms with Crippen molar-refractivity contribution in [3.05, 3.63) is 100 Å². The minimum absolute atomic E-state index is 0.134. The van der Waals surface area contributed by atoms with E-state index in [1.165, 1.54) is 0 Å². The molecule has 0 spiro atoms. The fourth-order valence-electron chi connectivity index (χ4n) is 4.49. The van der Waals surface area contributed by atoms with Crippen LogP contribution in [0.3, 0.4) is 0 Å². The Kier molecular flexibility index (Phi) is 7.53. The molecule has 186 valence electrons. The summed E-state index contributed by atoms with van der Waals surface area (Å²) in [6.07, 6.45) is 0.602. The molecule has 36 heavy (non-hydrogen) atoms. The highest BCUT2D eigenvalue weighted by Gasteiger charge is 2.30. The van der Waals surface area contributed by atoms with Crippen molar-refractivity contribution in [3.8, 4) is 5.69 Å². The number of amides is 2. The molecule has 4 rings (SSSR count). The predicted octanol–water partition coefficient (Wildman–Crippen LogP) is 6.64. The Bertz CT molecular complexity index is 1430. The molecular formula is C30H34N4O2. The summed E-state index contributed by atoms with van der Waals surface area (Å²) in [5.41, 5.74) is 4.21. The summed E-state index contributed by atoms with van der Waals surface area (Å²) in [7, 11) is 0. The monoisotopic (exact) mass is 482 g/mol. The quantitative estimate of drug-likeness (QED) is 0.321. The molecule has 1 unspecified atom stereocenters. The van der Waals surface area contributed by atoms with Crippen molar-refractivity contribution in [1.82, 2.24) is 14.5 Å². The fraction of sp³-hybridized carbons (Fsp3) is 0.300. The molecule has 0 aliphatic rings. The van der Waals surface area contributed by atoms with E-state index in [-0.39, 0.29) is 17.5 Å². The van der Waals surface area contributed by atoms with Gasteiger partial charge in [0.05, 0.1) is 22.6 Å². The van der Waals surface area contributed by atoms with Crippen molar-refractivity contribution in [2.45, 2.75) is 47.1 Å². The topological polar surface area (TPSA) is 67.2 Å². The molecule has 1 atom stereocenters. The number of nitrogens with one attached hydrogen (secondary N) is 1. The molecule has 0 fully saturated rings. The lowest BCUT2D eigenvalue weighted by atomic mass is 10.1. The number of rotatable bonds is 7. The lowest BCUT2D eigenvalue weighted by Gasteiger charge is -2.33. The number of hydrogen-bond donors (Lipinski definition) is 1. The lowest BCUT2D eigenvalue weighted by molar-refractivity contribution is 0.171. The number of hydrogen-bond acceptors (Lipinski definition) is 3. The summed E-state index contributed by atoms with van der Waals surface area (Å²) in [4.78, 5) is 34.3. The van der Waals surface area contributed by atoms with Crippen LogP contribution in [0.4, 0.5) is 10.5 Å². The molecule has 0 saturated carbocycles. The van der Waals surface area contributed by atoms with Crippen molar-refractivity contribution in [1.29, 1.82) is 0 Å². The summed E-state index contributed by atoms with van der Waals surface area (Å²) in [6, 6.07) is 22.2. The van der Waals surface area contributed by atoms with E-state index in [2.05, 4.69) is 26.1 Å². The third-order valence-corrected chi connectivity index (χ3v) is 6.46. The number of para-hydroxylation sites is 2. The van der Waals surface area contributed by atoms with Gasteiger partial charge in [0.25, 0.3) is 5.56 Å². The Morgan fingerprint density at radius 3 is 2.33 bits per heavy atom. The first-order chi connectivity index (χ1) is 17.3. The lowest BCUT2D eigenvalue weighted by Crippen LogP contribution is -2.42. The Labute approximate surface area is 212 Å². The first-order valence-corrected chi connectivity index (χ1v) is 12.5. The van der Waals surface area contributed by atoms with Gasteiger partial charge < -0.3 is 10.2 Å². The molecule has 1 N–H and O–H groups in total. The number of fused-ring (bicyclic) bond motifs is 1. The number of benzene rings is 3. The number of nitrogens with zero attached hydrogens (tertiary/aromatic N) is 3. The summed E-state index contributed by atoms with van der Waals surface area (Å²) < 4.78 is 1.69. The molecule has 0 saturated heterocycles. The molecule has 6 nitrogen and oxygen atoms in total. The molecule has 0 aliphatic heterocycles. The SMILES string of the molecule is CCC(c1nc2ccccc2c(=O)n1-c1ccc(C)c(C)c1)N(CC(C)C)C(=O)Nc1ccccc1. The van der Waals surface area contributed by atoms with Gasteiger partial charge in [0.2, 0.25) is 0 Å². The molecule has 1 heterocycles. The van der Waals surface area contributed by atoms with Crippen LogP contribution < -0.4 is 10.9 Å². The average Bonchev–Trinajstić information content (AvgIpc) is 2.86. The number of carbonyl (C=O) groups excluding carboxylic acids is 1. The van der Waals surface area contributed by atoms with Crippen LogP contribution >= 0.6 is 0 Å². The van der Waals surface area contributed by atoms with Gasteiger partial charge in [0.15, 0.2) is 0 Å². The second kappa shape index (κ2) is 10.8. The third kappa shape index (κ3) is 5.18. The van der Waals surface area contributed by atoms with Crippen LogP contribution in [0, 0.1) is 19.8 Å². The first kappa shape index (κ1) is 25.2. The van der Waals surface area contributed by atoms with E-state index >= 15 is 0 Å². The Hall–Kier alpha value is -3.93. The normalized spacial score (nSPS) is 12.1. The van der Waals surface area contributed by atoms with Crippen LogP contribution in [-0.2, 0) is 0 Å². The zero-order chi connectivity index (χ0) is 25.8. The number of aromatic nitrogens is 2. The Morgan fingerprint density at radius 2 is 1.67 bits per heavy atom. The highest BCUT2D eigenvalue weighted by atomic mass is 16.2. The van der Waals surface area contributed by atoms with E-state index in [1.807, 2.05) is 85.5 Å². The molecule has 1 aromatic heterocycles. The number of urea groups is 1. The van der Waals surface area contributed by atoms with E-state index in [1.54, 1.807) is 10.6 Å². The van der Waals surface area contributed by atoms with E-state index in [0.29, 0.717) is 29.7 Å². The van der Waals surface area contributed by atoms with E-state index < -0.39 is 6.04 Å². The van der Waals surface area contributed by atoms with Crippen molar-refractivity contribution in [2.24, 2.45) is 5.92 Å². The fourth-order valence-corrected chi connectivity index (χ4v) is 4.49. The zero-order valence-corrected chi connectivity index (χ0v) is 21.7. The van der Waals surface area contributed by atoms with Crippen LogP contribution in [0.2, 0.25) is 0 Å². The zero-order valence-electron chi connectivity index (χ0n) is 21.7. The molecule has 6 heteroatoms. The predicted molar refractivity (Wildman–Crippen MR) is 147 cm³/mol. The second-order valence-corrected chi connectivity index (χ2v) is 9.66. The number of aryl methyl sites for hydroxylation is 2. The van der Waals surface area contributed by atoms with Crippen molar-refractivity contribution in [3.63, 3.8) is 0 Å². The smallest absolute Gasteiger partial charge is 0.314 e. The van der Waals surface area contributed by atoms with Crippen LogP contribution in [0.15, 0.2) is 77.6 Å². The van der Waals surface area contributed by atoms with Gasteiger partial charge in [-0.3, -0.25) is 9.36 Å². The average molecular weight is 483 g/mol. The highest BCUT2D eigenvalue weighted by molar-refractivity contribution is 5.89. The second-order valence-electron chi connectivity index (χ2n) is 9.66. The Morgan fingerprint density at radius 1 is 0.972 bits per heavy atom. The van der Waals surface area contributed by atoms with Crippen LogP contribution in [-0.4, -0.2) is 27.0 Å². The summed E-state index contributed by atoms with van der Waals surface area (Å²) in [5, 5.41) is 3.59. The molecule has 4 aromatic rings. The van der Waals surface area contributed by atoms with E-state index in [9.17, 15) is 9.59 Å². The molecule has 2 amide bonds. The van der Waals surface area contributed by atoms with Gasteiger partial charge in [-0.2, -0.15) is 0 Å². The standard InChI is InChI=1S/C30H34N4O2/c1-6-27(33(19-20(2)3)30(36)31-23-12-8-7-9-13-23)28-32-26-15-11-10-14-25(26)29(35)34(28)24-17-16-21(4)22(5)18-24/h7-18,20,27H,6,19H2,1-5H3,(H,31,36). The van der Waals surface area contributed by atoms with Gasteiger partial charge in [-0.05, 0) is 73.7 Å². The molecule has 3 aromatic carbocycles. The maximum atomic E-state index is 13.9. The molecule has 0 aliphatic carbocycles. The summed E-state index contributed by atoms with van der Waals surface area (Å²) in [6.45, 7) is 10.8. The van der Waals surface area contributed by atoms with Crippen LogP contribution in [0.1, 0.15) is 50.2 Å². The van der Waals surface area contributed by atoms with Crippen LogP contribution in [0.5, 0.6) is 0 Å². The summed E-state index contributed by atoms with van der Waals surface area (Å²) >= 11 is 0. The van der Waals surface area contributed by atoms with Gasteiger partial charge in [0, 0.05) is 12.2 Å². The first-order valence-electron chi connectivity index (χ1n) is 12.5. The largest absolute Gasteiger partial charge is 0.322 e. The minimum atomic E-state index is -0.407. The van der Waals surface area contributed by atoms with Gasteiger partial charge in [-0.25, -0.2) is 9.78 Å².